The van der Waals surface area contributed by atoms with Crippen LogP contribution in [0.5, 0.6) is 0 Å². The Kier molecular flexibility index (Phi) is 4.37. The monoisotopic (exact) mass is 334 g/mol. The van der Waals surface area contributed by atoms with Crippen molar-refractivity contribution in [2.24, 2.45) is 13.0 Å². The van der Waals surface area contributed by atoms with Gasteiger partial charge in [0, 0.05) is 32.7 Å². The van der Waals surface area contributed by atoms with Gasteiger partial charge in [0.25, 0.3) is 11.5 Å². The number of anilines is 1. The summed E-state index contributed by atoms with van der Waals surface area (Å²) in [5.74, 6) is 0.232. The Hall–Kier alpha value is -2.29. The van der Waals surface area contributed by atoms with Crippen molar-refractivity contribution in [3.63, 3.8) is 0 Å². The molecule has 8 nitrogen and oxygen atoms in total. The molecule has 122 valence electrons. The molecule has 0 radical (unpaired) electrons. The number of aromatic nitrogens is 4. The highest BCUT2D eigenvalue weighted by atomic mass is 32.1. The maximum atomic E-state index is 12.1. The van der Waals surface area contributed by atoms with Crippen molar-refractivity contribution in [1.29, 1.82) is 0 Å². The molecule has 0 bridgehead atoms. The van der Waals surface area contributed by atoms with Crippen LogP contribution in [0, 0.1) is 12.8 Å². The summed E-state index contributed by atoms with van der Waals surface area (Å²) in [6.07, 6.45) is 2.67. The van der Waals surface area contributed by atoms with Crippen molar-refractivity contribution in [2.45, 2.75) is 13.3 Å². The Balaban J connectivity index is 1.56. The van der Waals surface area contributed by atoms with Gasteiger partial charge in [-0.2, -0.15) is 5.10 Å². The average Bonchev–Trinajstić information content (AvgIpc) is 3.16. The lowest BCUT2D eigenvalue weighted by atomic mass is 10.1. The molecule has 0 aliphatic carbocycles. The highest BCUT2D eigenvalue weighted by Crippen LogP contribution is 2.21. The van der Waals surface area contributed by atoms with Crippen LogP contribution in [0.15, 0.2) is 17.1 Å². The Labute approximate surface area is 137 Å². The van der Waals surface area contributed by atoms with E-state index < -0.39 is 0 Å². The highest BCUT2D eigenvalue weighted by molar-refractivity contribution is 7.07. The van der Waals surface area contributed by atoms with Gasteiger partial charge in [0.2, 0.25) is 0 Å². The summed E-state index contributed by atoms with van der Waals surface area (Å²) in [7, 11) is 1.63. The third-order valence-corrected chi connectivity index (χ3v) is 4.84. The van der Waals surface area contributed by atoms with Gasteiger partial charge in [-0.3, -0.25) is 9.59 Å². The molecule has 0 saturated carbocycles. The number of aryl methyl sites for hydroxylation is 2. The molecule has 2 aromatic heterocycles. The molecule has 0 aromatic carbocycles. The molecule has 1 aliphatic heterocycles. The Bertz CT molecular complexity index is 771. The summed E-state index contributed by atoms with van der Waals surface area (Å²) in [5, 5.41) is 10.8. The van der Waals surface area contributed by atoms with Crippen LogP contribution in [0.2, 0.25) is 0 Å². The molecule has 3 rings (SSSR count). The first-order valence-electron chi connectivity index (χ1n) is 7.40. The normalized spacial score (nSPS) is 17.5. The van der Waals surface area contributed by atoms with E-state index in [1.807, 2.05) is 0 Å². The van der Waals surface area contributed by atoms with E-state index in [0.717, 1.165) is 36.7 Å². The minimum Gasteiger partial charge on any atom is -0.370 e. The fraction of sp³-hybridized carbons (Fsp3) is 0.500. The van der Waals surface area contributed by atoms with Crippen LogP contribution in [0.25, 0.3) is 0 Å². The highest BCUT2D eigenvalue weighted by Gasteiger charge is 2.24. The Morgan fingerprint density at radius 1 is 1.52 bits per heavy atom. The van der Waals surface area contributed by atoms with Crippen molar-refractivity contribution >= 4 is 23.1 Å². The Morgan fingerprint density at radius 3 is 3.04 bits per heavy atom. The van der Waals surface area contributed by atoms with Crippen molar-refractivity contribution < 1.29 is 4.79 Å². The van der Waals surface area contributed by atoms with Crippen LogP contribution in [0.3, 0.4) is 0 Å². The van der Waals surface area contributed by atoms with Crippen LogP contribution < -0.4 is 15.8 Å². The number of hydrogen-bond donors (Lipinski definition) is 1. The summed E-state index contributed by atoms with van der Waals surface area (Å²) >= 11 is 1.11. The van der Waals surface area contributed by atoms with Gasteiger partial charge in [0.1, 0.15) is 4.88 Å². The zero-order chi connectivity index (χ0) is 16.4. The Morgan fingerprint density at radius 2 is 2.35 bits per heavy atom. The third-order valence-electron chi connectivity index (χ3n) is 4.01. The van der Waals surface area contributed by atoms with E-state index in [1.54, 1.807) is 26.2 Å². The molecule has 1 amide bonds. The zero-order valence-corrected chi connectivity index (χ0v) is 13.8. The molecule has 3 heterocycles. The van der Waals surface area contributed by atoms with E-state index in [2.05, 4.69) is 24.9 Å². The summed E-state index contributed by atoms with van der Waals surface area (Å²) in [6, 6.07) is 1.60. The summed E-state index contributed by atoms with van der Waals surface area (Å²) in [6.45, 7) is 4.04. The summed E-state index contributed by atoms with van der Waals surface area (Å²) in [4.78, 5) is 26.4. The molecular formula is C14H18N6O2S. The first-order valence-corrected chi connectivity index (χ1v) is 8.17. The molecule has 2 aromatic rings. The van der Waals surface area contributed by atoms with Gasteiger partial charge in [-0.25, -0.2) is 4.68 Å². The largest absolute Gasteiger partial charge is 0.370 e. The second-order valence-electron chi connectivity index (χ2n) is 5.67. The molecule has 1 fully saturated rings. The molecule has 1 saturated heterocycles. The van der Waals surface area contributed by atoms with E-state index in [4.69, 9.17) is 0 Å². The molecule has 1 atom stereocenters. The summed E-state index contributed by atoms with van der Waals surface area (Å²) < 4.78 is 5.08. The number of carbonyl (C=O) groups excluding carboxylic acids is 1. The van der Waals surface area contributed by atoms with E-state index >= 15 is 0 Å². The van der Waals surface area contributed by atoms with E-state index in [0.29, 0.717) is 23.0 Å². The lowest BCUT2D eigenvalue weighted by molar-refractivity contribution is 0.0951. The van der Waals surface area contributed by atoms with Crippen LogP contribution in [-0.4, -0.2) is 44.9 Å². The molecule has 1 unspecified atom stereocenters. The van der Waals surface area contributed by atoms with Gasteiger partial charge >= 0.3 is 0 Å². The van der Waals surface area contributed by atoms with E-state index in [1.165, 1.54) is 4.68 Å². The van der Waals surface area contributed by atoms with Crippen molar-refractivity contribution in [3.05, 3.63) is 33.2 Å². The quantitative estimate of drug-likeness (QED) is 0.858. The fourth-order valence-electron chi connectivity index (χ4n) is 2.62. The molecular weight excluding hydrogens is 316 g/mol. The van der Waals surface area contributed by atoms with Gasteiger partial charge in [0.15, 0.2) is 0 Å². The maximum Gasteiger partial charge on any atom is 0.268 e. The topological polar surface area (TPSA) is 93.0 Å². The second-order valence-corrected chi connectivity index (χ2v) is 6.43. The average molecular weight is 334 g/mol. The standard InChI is InChI=1S/C14H18N6O2S/c1-9-13(23-18-17-9)14(22)15-6-10-3-4-20(8-10)11-5-12(21)19(2)16-7-11/h5,7,10H,3-4,6,8H2,1-2H3,(H,15,22). The third kappa shape index (κ3) is 3.39. The number of amides is 1. The first-order chi connectivity index (χ1) is 11.0. The lowest BCUT2D eigenvalue weighted by Gasteiger charge is -2.18. The SMILES string of the molecule is Cc1nnsc1C(=O)NCC1CCN(c2cnn(C)c(=O)c2)C1. The zero-order valence-electron chi connectivity index (χ0n) is 13.0. The molecule has 23 heavy (non-hydrogen) atoms. The first kappa shape index (κ1) is 15.6. The van der Waals surface area contributed by atoms with Crippen LogP contribution in [0.4, 0.5) is 5.69 Å². The van der Waals surface area contributed by atoms with Gasteiger partial charge < -0.3 is 10.2 Å². The van der Waals surface area contributed by atoms with Crippen LogP contribution in [0.1, 0.15) is 21.8 Å². The van der Waals surface area contributed by atoms with Crippen LogP contribution in [-0.2, 0) is 7.05 Å². The predicted octanol–water partition coefficient (Wildman–Crippen LogP) is 0.197. The minimum atomic E-state index is -0.119. The number of nitrogens with zero attached hydrogens (tertiary/aromatic N) is 5. The van der Waals surface area contributed by atoms with Crippen LogP contribution >= 0.6 is 11.5 Å². The summed E-state index contributed by atoms with van der Waals surface area (Å²) in [5.41, 5.74) is 1.38. The molecule has 1 aliphatic rings. The van der Waals surface area contributed by atoms with E-state index in [9.17, 15) is 9.59 Å². The van der Waals surface area contributed by atoms with Crippen molar-refractivity contribution in [2.75, 3.05) is 24.5 Å². The van der Waals surface area contributed by atoms with Gasteiger partial charge in [-0.15, -0.1) is 5.10 Å². The predicted molar refractivity (Wildman–Crippen MR) is 86.8 cm³/mol. The number of nitrogens with one attached hydrogen (secondary N) is 1. The number of carbonyl (C=O) groups is 1. The van der Waals surface area contributed by atoms with E-state index in [-0.39, 0.29) is 11.5 Å². The number of rotatable bonds is 4. The van der Waals surface area contributed by atoms with Crippen molar-refractivity contribution in [3.8, 4) is 0 Å². The number of hydrogen-bond acceptors (Lipinski definition) is 7. The smallest absolute Gasteiger partial charge is 0.268 e. The fourth-order valence-corrected chi connectivity index (χ4v) is 3.20. The van der Waals surface area contributed by atoms with Gasteiger partial charge in [-0.1, -0.05) is 4.49 Å². The molecule has 0 spiro atoms. The van der Waals surface area contributed by atoms with Crippen molar-refractivity contribution in [1.82, 2.24) is 24.7 Å². The minimum absolute atomic E-state index is 0.118. The molecule has 1 N–H and O–H groups in total. The molecule has 9 heteroatoms. The van der Waals surface area contributed by atoms with Gasteiger partial charge in [0.05, 0.1) is 17.6 Å². The van der Waals surface area contributed by atoms with Gasteiger partial charge in [-0.05, 0) is 30.8 Å². The lowest BCUT2D eigenvalue weighted by Crippen LogP contribution is -2.31. The second kappa shape index (κ2) is 6.45. The maximum absolute atomic E-state index is 12.1.